The fraction of sp³-hybridized carbons (Fsp3) is 0.108. The molecule has 1 aliphatic rings. The predicted molar refractivity (Wildman–Crippen MR) is 180 cm³/mol. The van der Waals surface area contributed by atoms with E-state index >= 15 is 0 Å². The number of nitrogens with zero attached hydrogens (tertiary/aromatic N) is 5. The van der Waals surface area contributed by atoms with E-state index in [-0.39, 0.29) is 13.1 Å². The molecule has 0 spiro atoms. The van der Waals surface area contributed by atoms with Crippen LogP contribution in [-0.2, 0) is 13.0 Å². The Labute approximate surface area is 269 Å². The molecule has 0 saturated carbocycles. The average molecular weight is 630 g/mol. The van der Waals surface area contributed by atoms with Gasteiger partial charge in [-0.3, -0.25) is 0 Å². The largest absolute Gasteiger partial charge is 0.430 e. The normalized spacial score (nSPS) is 12.9. The van der Waals surface area contributed by atoms with Crippen molar-refractivity contribution in [2.75, 3.05) is 17.2 Å². The van der Waals surface area contributed by atoms with Crippen LogP contribution in [0.25, 0.3) is 33.7 Å². The number of fused-ring (bicyclic) bond motifs is 2. The molecule has 3 aromatic carbocycles. The predicted octanol–water partition coefficient (Wildman–Crippen LogP) is 8.72. The summed E-state index contributed by atoms with van der Waals surface area (Å²) in [6.07, 6.45) is -0.388. The van der Waals surface area contributed by atoms with Crippen LogP contribution < -0.4 is 10.6 Å². The summed E-state index contributed by atoms with van der Waals surface area (Å²) in [5.74, 6) is 0.352. The van der Waals surface area contributed by atoms with Crippen molar-refractivity contribution in [3.63, 3.8) is 0 Å². The zero-order valence-electron chi connectivity index (χ0n) is 25.3. The van der Waals surface area contributed by atoms with Crippen LogP contribution in [0.4, 0.5) is 30.5 Å². The minimum absolute atomic E-state index is 0.127. The summed E-state index contributed by atoms with van der Waals surface area (Å²) in [6, 6.07) is 31.3. The number of halogens is 3. The molecule has 0 aliphatic carbocycles. The van der Waals surface area contributed by atoms with E-state index in [9.17, 15) is 13.2 Å². The molecule has 0 unspecified atom stereocenters. The van der Waals surface area contributed by atoms with E-state index in [1.807, 2.05) is 108 Å². The second kappa shape index (κ2) is 12.1. The summed E-state index contributed by atoms with van der Waals surface area (Å²) >= 11 is 0. The summed E-state index contributed by atoms with van der Waals surface area (Å²) in [5.41, 5.74) is 8.32. The lowest BCUT2D eigenvalue weighted by Gasteiger charge is -2.33. The second-order valence-electron chi connectivity index (χ2n) is 11.3. The Morgan fingerprint density at radius 2 is 1.66 bits per heavy atom. The van der Waals surface area contributed by atoms with Crippen LogP contribution in [0.3, 0.4) is 0 Å². The standard InChI is InChI=1S/C37H30F3N7/c1-24(26-9-4-3-5-10-26)42-30-12-8-11-28(21-30)35-34(33-13-6-7-19-47(33)45-35)32-16-18-41-36(44-32)43-31-15-14-27-17-20-46(23-29(27)22-31)25(2)37(38,39)40/h3-16,18-19,21-22,42H,1-2,17,20,23H2,(H,41,43,44). The first-order valence-electron chi connectivity index (χ1n) is 15.1. The van der Waals surface area contributed by atoms with Gasteiger partial charge in [0.15, 0.2) is 0 Å². The Balaban J connectivity index is 1.19. The SMILES string of the molecule is C=C(Nc1cccc(-c2nn3ccccc3c2-c2ccnc(Nc3ccc4c(c3)CN(C(=C)C(F)(F)F)CC4)n2)c1)c1ccccc1. The van der Waals surface area contributed by atoms with Gasteiger partial charge in [0, 0.05) is 48.1 Å². The van der Waals surface area contributed by atoms with E-state index in [1.165, 1.54) is 4.90 Å². The van der Waals surface area contributed by atoms with E-state index in [2.05, 4.69) is 28.8 Å². The third-order valence-electron chi connectivity index (χ3n) is 8.19. The van der Waals surface area contributed by atoms with Gasteiger partial charge in [-0.05, 0) is 65.6 Å². The molecule has 0 radical (unpaired) electrons. The van der Waals surface area contributed by atoms with Crippen LogP contribution >= 0.6 is 0 Å². The highest BCUT2D eigenvalue weighted by atomic mass is 19.4. The van der Waals surface area contributed by atoms with Gasteiger partial charge >= 0.3 is 6.18 Å². The van der Waals surface area contributed by atoms with Crippen LogP contribution in [-0.4, -0.2) is 37.2 Å². The molecule has 7 rings (SSSR count). The number of benzene rings is 3. The molecule has 10 heteroatoms. The van der Waals surface area contributed by atoms with Crippen LogP contribution in [0.2, 0.25) is 0 Å². The topological polar surface area (TPSA) is 70.4 Å². The maximum absolute atomic E-state index is 13.3. The van der Waals surface area contributed by atoms with Crippen molar-refractivity contribution >= 4 is 28.5 Å². The van der Waals surface area contributed by atoms with Crippen LogP contribution in [0, 0.1) is 0 Å². The highest BCUT2D eigenvalue weighted by molar-refractivity contribution is 5.92. The van der Waals surface area contributed by atoms with Gasteiger partial charge in [0.25, 0.3) is 0 Å². The van der Waals surface area contributed by atoms with E-state index < -0.39 is 11.9 Å². The molecule has 7 nitrogen and oxygen atoms in total. The Bertz CT molecular complexity index is 2120. The summed E-state index contributed by atoms with van der Waals surface area (Å²) < 4.78 is 41.8. The molecular formula is C37H30F3N7. The number of hydrogen-bond acceptors (Lipinski definition) is 6. The summed E-state index contributed by atoms with van der Waals surface area (Å²) in [6.45, 7) is 7.88. The number of rotatable bonds is 8. The lowest BCUT2D eigenvalue weighted by Crippen LogP contribution is -2.35. The number of allylic oxidation sites excluding steroid dienone is 1. The highest BCUT2D eigenvalue weighted by Crippen LogP contribution is 2.36. The minimum Gasteiger partial charge on any atom is -0.363 e. The highest BCUT2D eigenvalue weighted by Gasteiger charge is 2.37. The van der Waals surface area contributed by atoms with Crippen molar-refractivity contribution < 1.29 is 13.2 Å². The van der Waals surface area contributed by atoms with Gasteiger partial charge in [-0.2, -0.15) is 18.3 Å². The first-order chi connectivity index (χ1) is 22.7. The maximum atomic E-state index is 13.3. The lowest BCUT2D eigenvalue weighted by atomic mass is 9.98. The smallest absolute Gasteiger partial charge is 0.363 e. The fourth-order valence-corrected chi connectivity index (χ4v) is 5.82. The molecule has 3 aromatic heterocycles. The molecule has 0 atom stereocenters. The Morgan fingerprint density at radius 3 is 2.49 bits per heavy atom. The van der Waals surface area contributed by atoms with E-state index in [0.717, 1.165) is 50.4 Å². The Hall–Kier alpha value is -5.90. The monoisotopic (exact) mass is 629 g/mol. The van der Waals surface area contributed by atoms with Gasteiger partial charge in [-0.15, -0.1) is 0 Å². The van der Waals surface area contributed by atoms with Crippen molar-refractivity contribution in [2.45, 2.75) is 19.1 Å². The third-order valence-corrected chi connectivity index (χ3v) is 8.19. The van der Waals surface area contributed by atoms with Gasteiger partial charge in [-0.1, -0.05) is 67.8 Å². The maximum Gasteiger partial charge on any atom is 0.430 e. The zero-order valence-corrected chi connectivity index (χ0v) is 25.3. The number of nitrogens with one attached hydrogen (secondary N) is 2. The molecule has 0 fully saturated rings. The number of pyridine rings is 1. The van der Waals surface area contributed by atoms with Crippen molar-refractivity contribution in [1.82, 2.24) is 24.5 Å². The first-order valence-corrected chi connectivity index (χ1v) is 15.1. The van der Waals surface area contributed by atoms with Gasteiger partial charge < -0.3 is 15.5 Å². The molecule has 2 N–H and O–H groups in total. The Morgan fingerprint density at radius 1 is 0.830 bits per heavy atom. The fourth-order valence-electron chi connectivity index (χ4n) is 5.82. The van der Waals surface area contributed by atoms with Crippen molar-refractivity contribution in [2.24, 2.45) is 0 Å². The lowest BCUT2D eigenvalue weighted by molar-refractivity contribution is -0.112. The zero-order chi connectivity index (χ0) is 32.5. The van der Waals surface area contributed by atoms with Crippen LogP contribution in [0.15, 0.2) is 128 Å². The molecule has 6 aromatic rings. The van der Waals surface area contributed by atoms with Crippen molar-refractivity contribution in [3.05, 3.63) is 145 Å². The van der Waals surface area contributed by atoms with Gasteiger partial charge in [0.05, 0.1) is 16.8 Å². The number of hydrogen-bond donors (Lipinski definition) is 2. The number of alkyl halides is 3. The second-order valence-corrected chi connectivity index (χ2v) is 11.3. The first kappa shape index (κ1) is 29.8. The van der Waals surface area contributed by atoms with E-state index in [4.69, 9.17) is 10.1 Å². The number of anilines is 3. The van der Waals surface area contributed by atoms with Gasteiger partial charge in [0.1, 0.15) is 11.4 Å². The van der Waals surface area contributed by atoms with Crippen molar-refractivity contribution in [3.8, 4) is 22.5 Å². The van der Waals surface area contributed by atoms with Gasteiger partial charge in [-0.25, -0.2) is 14.5 Å². The summed E-state index contributed by atoms with van der Waals surface area (Å²) in [5, 5.41) is 11.6. The number of aromatic nitrogens is 4. The molecule has 0 bridgehead atoms. The van der Waals surface area contributed by atoms with Crippen LogP contribution in [0.5, 0.6) is 0 Å². The molecular weight excluding hydrogens is 599 g/mol. The minimum atomic E-state index is -4.47. The Kier molecular flexibility index (Phi) is 7.69. The van der Waals surface area contributed by atoms with E-state index in [0.29, 0.717) is 23.8 Å². The molecule has 1 aliphatic heterocycles. The third kappa shape index (κ3) is 6.17. The summed E-state index contributed by atoms with van der Waals surface area (Å²) in [4.78, 5) is 10.6. The molecule has 0 amide bonds. The molecule has 234 valence electrons. The van der Waals surface area contributed by atoms with Crippen molar-refractivity contribution in [1.29, 1.82) is 0 Å². The average Bonchev–Trinajstić information content (AvgIpc) is 3.48. The van der Waals surface area contributed by atoms with Crippen LogP contribution in [0.1, 0.15) is 16.7 Å². The molecule has 4 heterocycles. The molecule has 47 heavy (non-hydrogen) atoms. The summed E-state index contributed by atoms with van der Waals surface area (Å²) in [7, 11) is 0. The van der Waals surface area contributed by atoms with E-state index in [1.54, 1.807) is 6.20 Å². The van der Waals surface area contributed by atoms with Gasteiger partial charge in [0.2, 0.25) is 5.95 Å². The quantitative estimate of drug-likeness (QED) is 0.176. The molecule has 0 saturated heterocycles.